The highest BCUT2D eigenvalue weighted by Gasteiger charge is 2.06. The molecule has 2 heterocycles. The maximum atomic E-state index is 11.7. The van der Waals surface area contributed by atoms with Gasteiger partial charge in [0.2, 0.25) is 0 Å². The van der Waals surface area contributed by atoms with Gasteiger partial charge in [-0.2, -0.15) is 0 Å². The number of hydrogen-bond acceptors (Lipinski definition) is 4. The number of hydrogen-bond donors (Lipinski definition) is 3. The molecular formula is C17H16N6O2. The van der Waals surface area contributed by atoms with Crippen molar-refractivity contribution in [1.82, 2.24) is 30.8 Å². The van der Waals surface area contributed by atoms with Gasteiger partial charge >= 0.3 is 0 Å². The summed E-state index contributed by atoms with van der Waals surface area (Å²) in [5, 5.41) is 7.98. The summed E-state index contributed by atoms with van der Waals surface area (Å²) in [5.41, 5.74) is 6.59. The summed E-state index contributed by atoms with van der Waals surface area (Å²) >= 11 is 0. The van der Waals surface area contributed by atoms with E-state index in [-0.39, 0.29) is 0 Å². The summed E-state index contributed by atoms with van der Waals surface area (Å²) in [6.45, 7) is 0.597. The van der Waals surface area contributed by atoms with Crippen LogP contribution in [0.1, 0.15) is 21.7 Å². The molecule has 3 N–H and O–H groups in total. The molecule has 0 atom stereocenters. The van der Waals surface area contributed by atoms with Crippen molar-refractivity contribution in [2.24, 2.45) is 0 Å². The lowest BCUT2D eigenvalue weighted by atomic mass is 10.2. The van der Waals surface area contributed by atoms with E-state index in [1.54, 1.807) is 29.2 Å². The first-order chi connectivity index (χ1) is 12.2. The normalized spacial score (nSPS) is 10.7. The average Bonchev–Trinajstić information content (AvgIpc) is 3.31. The number of aromatic amines is 1. The topological polar surface area (TPSA) is 105 Å². The van der Waals surface area contributed by atoms with Gasteiger partial charge in [-0.15, -0.1) is 5.10 Å². The zero-order valence-corrected chi connectivity index (χ0v) is 13.2. The fraction of sp³-hybridized carbons (Fsp3) is 0.0588. The Balaban J connectivity index is 1.50. The van der Waals surface area contributed by atoms with Gasteiger partial charge in [-0.3, -0.25) is 20.4 Å². The highest BCUT2D eigenvalue weighted by molar-refractivity contribution is 5.96. The largest absolute Gasteiger partial charge is 0.357 e. The third kappa shape index (κ3) is 4.64. The third-order valence-electron chi connectivity index (χ3n) is 3.29. The van der Waals surface area contributed by atoms with Crippen molar-refractivity contribution in [1.29, 1.82) is 0 Å². The SMILES string of the molecule is O=C(/C=C/c1cn(Cc2ccccc2)nn1)NNC(=O)c1ccc[nH]1. The van der Waals surface area contributed by atoms with Crippen molar-refractivity contribution in [2.45, 2.75) is 6.54 Å². The van der Waals surface area contributed by atoms with Crippen LogP contribution < -0.4 is 10.9 Å². The number of aromatic nitrogens is 4. The molecule has 2 aromatic heterocycles. The Morgan fingerprint density at radius 3 is 2.72 bits per heavy atom. The Labute approximate surface area is 143 Å². The van der Waals surface area contributed by atoms with E-state index < -0.39 is 11.8 Å². The monoisotopic (exact) mass is 336 g/mol. The highest BCUT2D eigenvalue weighted by atomic mass is 16.2. The molecule has 0 unspecified atom stereocenters. The van der Waals surface area contributed by atoms with Crippen molar-refractivity contribution in [3.63, 3.8) is 0 Å². The molecular weight excluding hydrogens is 320 g/mol. The third-order valence-corrected chi connectivity index (χ3v) is 3.29. The van der Waals surface area contributed by atoms with E-state index in [1.807, 2.05) is 30.3 Å². The van der Waals surface area contributed by atoms with Crippen LogP contribution in [0.15, 0.2) is 60.9 Å². The van der Waals surface area contributed by atoms with Crippen LogP contribution in [0.5, 0.6) is 0 Å². The second-order valence-electron chi connectivity index (χ2n) is 5.19. The van der Waals surface area contributed by atoms with Gasteiger partial charge in [0.05, 0.1) is 12.7 Å². The van der Waals surface area contributed by atoms with Crippen LogP contribution in [0.2, 0.25) is 0 Å². The van der Waals surface area contributed by atoms with Crippen LogP contribution in [-0.4, -0.2) is 31.8 Å². The van der Waals surface area contributed by atoms with Gasteiger partial charge < -0.3 is 4.98 Å². The Kier molecular flexibility index (Phi) is 5.01. The lowest BCUT2D eigenvalue weighted by Crippen LogP contribution is -2.40. The molecule has 0 radical (unpaired) electrons. The van der Waals surface area contributed by atoms with Crippen LogP contribution in [0.3, 0.4) is 0 Å². The maximum absolute atomic E-state index is 11.7. The van der Waals surface area contributed by atoms with Crippen molar-refractivity contribution in [3.05, 3.63) is 77.9 Å². The van der Waals surface area contributed by atoms with Gasteiger partial charge in [0.15, 0.2) is 0 Å². The first-order valence-corrected chi connectivity index (χ1v) is 7.56. The van der Waals surface area contributed by atoms with Gasteiger partial charge in [-0.25, -0.2) is 4.68 Å². The molecule has 0 aliphatic rings. The van der Waals surface area contributed by atoms with Gasteiger partial charge in [0.25, 0.3) is 11.8 Å². The minimum atomic E-state index is -0.475. The van der Waals surface area contributed by atoms with Crippen LogP contribution in [0, 0.1) is 0 Å². The van der Waals surface area contributed by atoms with E-state index in [1.165, 1.54) is 12.2 Å². The molecule has 25 heavy (non-hydrogen) atoms. The Hall–Kier alpha value is -3.68. The summed E-state index contributed by atoms with van der Waals surface area (Å²) in [7, 11) is 0. The second-order valence-corrected chi connectivity index (χ2v) is 5.19. The first-order valence-electron chi connectivity index (χ1n) is 7.56. The van der Waals surface area contributed by atoms with Gasteiger partial charge in [0.1, 0.15) is 11.4 Å². The number of carbonyl (C=O) groups is 2. The summed E-state index contributed by atoms with van der Waals surface area (Å²) in [4.78, 5) is 26.1. The van der Waals surface area contributed by atoms with Crippen molar-refractivity contribution in [2.75, 3.05) is 0 Å². The molecule has 0 saturated heterocycles. The summed E-state index contributed by atoms with van der Waals surface area (Å²) < 4.78 is 1.68. The minimum absolute atomic E-state index is 0.355. The van der Waals surface area contributed by atoms with Crippen LogP contribution in [0.4, 0.5) is 0 Å². The molecule has 0 aliphatic carbocycles. The zero-order chi connectivity index (χ0) is 17.5. The molecule has 3 rings (SSSR count). The standard InChI is InChI=1S/C17H16N6O2/c24-16(20-21-17(25)15-7-4-10-18-15)9-8-14-12-23(22-19-14)11-13-5-2-1-3-6-13/h1-10,12,18H,11H2,(H,20,24)(H,21,25)/b9-8+. The molecule has 8 nitrogen and oxygen atoms in total. The van der Waals surface area contributed by atoms with E-state index in [0.717, 1.165) is 5.56 Å². The lowest BCUT2D eigenvalue weighted by molar-refractivity contribution is -0.117. The number of nitrogens with zero attached hydrogens (tertiary/aromatic N) is 3. The number of amides is 2. The van der Waals surface area contributed by atoms with E-state index in [9.17, 15) is 9.59 Å². The summed E-state index contributed by atoms with van der Waals surface area (Å²) in [6, 6.07) is 13.1. The van der Waals surface area contributed by atoms with E-state index >= 15 is 0 Å². The molecule has 3 aromatic rings. The smallest absolute Gasteiger partial charge is 0.286 e. The average molecular weight is 336 g/mol. The second kappa shape index (κ2) is 7.73. The van der Waals surface area contributed by atoms with Gasteiger partial charge in [-0.1, -0.05) is 35.5 Å². The van der Waals surface area contributed by atoms with Crippen LogP contribution in [-0.2, 0) is 11.3 Å². The van der Waals surface area contributed by atoms with Gasteiger partial charge in [0, 0.05) is 12.3 Å². The molecule has 1 aromatic carbocycles. The molecule has 8 heteroatoms. The van der Waals surface area contributed by atoms with E-state index in [2.05, 4.69) is 26.1 Å². The van der Waals surface area contributed by atoms with Gasteiger partial charge in [-0.05, 0) is 23.8 Å². The molecule has 0 bridgehead atoms. The first kappa shape index (κ1) is 16.2. The van der Waals surface area contributed by atoms with Crippen LogP contribution >= 0.6 is 0 Å². The van der Waals surface area contributed by atoms with Crippen molar-refractivity contribution in [3.8, 4) is 0 Å². The number of carbonyl (C=O) groups excluding carboxylic acids is 2. The quantitative estimate of drug-likeness (QED) is 0.480. The fourth-order valence-electron chi connectivity index (χ4n) is 2.10. The highest BCUT2D eigenvalue weighted by Crippen LogP contribution is 2.03. The molecule has 0 fully saturated rings. The van der Waals surface area contributed by atoms with Crippen molar-refractivity contribution < 1.29 is 9.59 Å². The van der Waals surface area contributed by atoms with Crippen LogP contribution in [0.25, 0.3) is 6.08 Å². The molecule has 0 spiro atoms. The number of benzene rings is 1. The number of rotatable bonds is 5. The Morgan fingerprint density at radius 2 is 1.96 bits per heavy atom. The number of hydrazine groups is 1. The lowest BCUT2D eigenvalue weighted by Gasteiger charge is -2.02. The Morgan fingerprint density at radius 1 is 1.12 bits per heavy atom. The predicted molar refractivity (Wildman–Crippen MR) is 91.0 cm³/mol. The molecule has 2 amide bonds. The summed E-state index contributed by atoms with van der Waals surface area (Å²) in [5.74, 6) is -0.905. The molecule has 0 saturated carbocycles. The predicted octanol–water partition coefficient (Wildman–Crippen LogP) is 1.13. The summed E-state index contributed by atoms with van der Waals surface area (Å²) in [6.07, 6.45) is 6.14. The number of H-pyrrole nitrogens is 1. The minimum Gasteiger partial charge on any atom is -0.357 e. The van der Waals surface area contributed by atoms with E-state index in [0.29, 0.717) is 17.9 Å². The molecule has 126 valence electrons. The van der Waals surface area contributed by atoms with Crippen molar-refractivity contribution >= 4 is 17.9 Å². The maximum Gasteiger partial charge on any atom is 0.286 e. The van der Waals surface area contributed by atoms with E-state index in [4.69, 9.17) is 0 Å². The molecule has 0 aliphatic heterocycles. The number of nitrogens with one attached hydrogen (secondary N) is 3. The fourth-order valence-corrected chi connectivity index (χ4v) is 2.10. The zero-order valence-electron chi connectivity index (χ0n) is 13.2. The Bertz CT molecular complexity index is 868.